The second kappa shape index (κ2) is 5.72. The Balaban J connectivity index is 3.16. The smallest absolute Gasteiger partial charge is 0.0991 e. The van der Waals surface area contributed by atoms with Gasteiger partial charge in [0, 0.05) is 0 Å². The van der Waals surface area contributed by atoms with Gasteiger partial charge in [0.1, 0.15) is 0 Å². The van der Waals surface area contributed by atoms with Gasteiger partial charge in [-0.25, -0.2) is 0 Å². The Morgan fingerprint density at radius 2 is 2.19 bits per heavy atom. The van der Waals surface area contributed by atoms with E-state index in [1.807, 2.05) is 31.2 Å². The molecule has 1 heteroatoms. The molecule has 0 aliphatic rings. The van der Waals surface area contributed by atoms with E-state index in [1.165, 1.54) is 5.56 Å². The van der Waals surface area contributed by atoms with E-state index in [1.54, 1.807) is 6.08 Å². The zero-order valence-electron chi connectivity index (χ0n) is 9.70. The predicted molar refractivity (Wildman–Crippen MR) is 68.7 cm³/mol. The highest BCUT2D eigenvalue weighted by molar-refractivity contribution is 5.76. The largest absolute Gasteiger partial charge is 0.192 e. The highest BCUT2D eigenvalue weighted by Crippen LogP contribution is 2.18. The Hall–Kier alpha value is -2.07. The van der Waals surface area contributed by atoms with E-state index >= 15 is 0 Å². The number of hydrogen-bond donors (Lipinski definition) is 0. The molecule has 0 aromatic heterocycles. The first-order chi connectivity index (χ1) is 7.71. The Bertz CT molecular complexity index is 484. The van der Waals surface area contributed by atoms with Crippen LogP contribution in [0.4, 0.5) is 0 Å². The zero-order valence-corrected chi connectivity index (χ0v) is 9.70. The van der Waals surface area contributed by atoms with Gasteiger partial charge in [0.25, 0.3) is 0 Å². The fourth-order valence-electron chi connectivity index (χ4n) is 1.46. The molecule has 1 aromatic carbocycles. The Labute approximate surface area is 97.0 Å². The second-order valence-electron chi connectivity index (χ2n) is 3.53. The number of allylic oxidation sites excluding steroid dienone is 5. The molecule has 1 nitrogen and oxygen atoms in total. The van der Waals surface area contributed by atoms with E-state index in [2.05, 4.69) is 31.7 Å². The summed E-state index contributed by atoms with van der Waals surface area (Å²) in [5.41, 5.74) is 3.95. The molecule has 1 aromatic rings. The summed E-state index contributed by atoms with van der Waals surface area (Å²) < 4.78 is 0. The summed E-state index contributed by atoms with van der Waals surface area (Å²) in [7, 11) is 0. The van der Waals surface area contributed by atoms with Crippen LogP contribution in [0.3, 0.4) is 0 Å². The third kappa shape index (κ3) is 2.96. The van der Waals surface area contributed by atoms with Crippen LogP contribution >= 0.6 is 0 Å². The summed E-state index contributed by atoms with van der Waals surface area (Å²) in [4.78, 5) is 0. The van der Waals surface area contributed by atoms with Crippen LogP contribution in [0.1, 0.15) is 18.1 Å². The van der Waals surface area contributed by atoms with Crippen molar-refractivity contribution < 1.29 is 0 Å². The molecule has 0 N–H and O–H groups in total. The van der Waals surface area contributed by atoms with Crippen LogP contribution in [0.2, 0.25) is 0 Å². The molecule has 0 bridgehead atoms. The van der Waals surface area contributed by atoms with Crippen LogP contribution < -0.4 is 0 Å². The van der Waals surface area contributed by atoms with E-state index in [0.29, 0.717) is 5.57 Å². The predicted octanol–water partition coefficient (Wildman–Crippen LogP) is 4.03. The number of rotatable bonds is 3. The number of nitrogens with zero attached hydrogens (tertiary/aromatic N) is 1. The van der Waals surface area contributed by atoms with Crippen molar-refractivity contribution in [2.24, 2.45) is 0 Å². The first kappa shape index (κ1) is 12.0. The number of aryl methyl sites for hydroxylation is 1. The van der Waals surface area contributed by atoms with Crippen LogP contribution in [-0.2, 0) is 0 Å². The van der Waals surface area contributed by atoms with E-state index in [-0.39, 0.29) is 0 Å². The summed E-state index contributed by atoms with van der Waals surface area (Å²) in [5.74, 6) is 0. The fraction of sp³-hybridized carbons (Fsp3) is 0.133. The highest BCUT2D eigenvalue weighted by Gasteiger charge is 1.99. The van der Waals surface area contributed by atoms with Gasteiger partial charge in [-0.15, -0.1) is 0 Å². The molecule has 80 valence electrons. The van der Waals surface area contributed by atoms with Crippen molar-refractivity contribution in [1.82, 2.24) is 0 Å². The quantitative estimate of drug-likeness (QED) is 0.544. The minimum atomic E-state index is 0.578. The molecule has 0 aliphatic heterocycles. The van der Waals surface area contributed by atoms with Crippen LogP contribution in [0.15, 0.2) is 54.6 Å². The Morgan fingerprint density at radius 3 is 2.69 bits per heavy atom. The van der Waals surface area contributed by atoms with Crippen molar-refractivity contribution in [1.29, 1.82) is 5.26 Å². The third-order valence-corrected chi connectivity index (χ3v) is 2.32. The van der Waals surface area contributed by atoms with Gasteiger partial charge < -0.3 is 0 Å². The standard InChI is InChI=1S/C15H15N/c1-4-13(11-16)10-14(5-2)15-8-6-7-12(3)9-15/h4-10H,1H2,2-3H3/b13-10+,14-5+. The molecule has 0 saturated heterocycles. The average molecular weight is 209 g/mol. The first-order valence-corrected chi connectivity index (χ1v) is 5.19. The first-order valence-electron chi connectivity index (χ1n) is 5.19. The van der Waals surface area contributed by atoms with Crippen molar-refractivity contribution in [2.45, 2.75) is 13.8 Å². The molecule has 16 heavy (non-hydrogen) atoms. The highest BCUT2D eigenvalue weighted by atomic mass is 14.2. The topological polar surface area (TPSA) is 23.8 Å². The van der Waals surface area contributed by atoms with Gasteiger partial charge in [-0.3, -0.25) is 0 Å². The van der Waals surface area contributed by atoms with Crippen molar-refractivity contribution in [2.75, 3.05) is 0 Å². The van der Waals surface area contributed by atoms with Gasteiger partial charge in [-0.1, -0.05) is 48.6 Å². The molecule has 0 fully saturated rings. The Kier molecular flexibility index (Phi) is 4.29. The minimum absolute atomic E-state index is 0.578. The van der Waals surface area contributed by atoms with Crippen LogP contribution in [-0.4, -0.2) is 0 Å². The van der Waals surface area contributed by atoms with Gasteiger partial charge in [-0.2, -0.15) is 5.26 Å². The van der Waals surface area contributed by atoms with Crippen LogP contribution in [0.25, 0.3) is 5.57 Å². The lowest BCUT2D eigenvalue weighted by Crippen LogP contribution is -1.83. The van der Waals surface area contributed by atoms with Crippen molar-refractivity contribution in [3.8, 4) is 6.07 Å². The molecule has 0 radical (unpaired) electrons. The van der Waals surface area contributed by atoms with Gasteiger partial charge >= 0.3 is 0 Å². The molecule has 0 aliphatic carbocycles. The van der Waals surface area contributed by atoms with Crippen LogP contribution in [0, 0.1) is 18.3 Å². The fourth-order valence-corrected chi connectivity index (χ4v) is 1.46. The van der Waals surface area contributed by atoms with E-state index in [0.717, 1.165) is 11.1 Å². The lowest BCUT2D eigenvalue weighted by atomic mass is 10.0. The molecule has 0 saturated carbocycles. The summed E-state index contributed by atoms with van der Waals surface area (Å²) in [5, 5.41) is 8.86. The lowest BCUT2D eigenvalue weighted by Gasteiger charge is -2.03. The maximum Gasteiger partial charge on any atom is 0.0991 e. The number of benzene rings is 1. The van der Waals surface area contributed by atoms with Gasteiger partial charge in [0.15, 0.2) is 0 Å². The lowest BCUT2D eigenvalue weighted by molar-refractivity contribution is 1.44. The van der Waals surface area contributed by atoms with E-state index in [9.17, 15) is 0 Å². The molecule has 0 spiro atoms. The maximum atomic E-state index is 8.86. The van der Waals surface area contributed by atoms with Gasteiger partial charge in [0.05, 0.1) is 11.6 Å². The third-order valence-electron chi connectivity index (χ3n) is 2.32. The molecule has 0 atom stereocenters. The zero-order chi connectivity index (χ0) is 12.0. The van der Waals surface area contributed by atoms with Gasteiger partial charge in [0.2, 0.25) is 0 Å². The SMILES string of the molecule is C=C/C(C#N)=C\C(=C/C)c1cccc(C)c1. The summed E-state index contributed by atoms with van der Waals surface area (Å²) in [6.07, 6.45) is 5.41. The molecule has 0 heterocycles. The Morgan fingerprint density at radius 1 is 1.44 bits per heavy atom. The van der Waals surface area contributed by atoms with Crippen LogP contribution in [0.5, 0.6) is 0 Å². The van der Waals surface area contributed by atoms with Gasteiger partial charge in [-0.05, 0) is 31.1 Å². The van der Waals surface area contributed by atoms with Crippen molar-refractivity contribution in [3.63, 3.8) is 0 Å². The normalized spacial score (nSPS) is 12.1. The molecule has 0 amide bonds. The number of hydrogen-bond acceptors (Lipinski definition) is 1. The monoisotopic (exact) mass is 209 g/mol. The minimum Gasteiger partial charge on any atom is -0.192 e. The maximum absolute atomic E-state index is 8.86. The van der Waals surface area contributed by atoms with E-state index in [4.69, 9.17) is 5.26 Å². The van der Waals surface area contributed by atoms with Crippen molar-refractivity contribution >= 4 is 5.57 Å². The summed E-state index contributed by atoms with van der Waals surface area (Å²) in [6, 6.07) is 10.3. The number of nitriles is 1. The second-order valence-corrected chi connectivity index (χ2v) is 3.53. The summed E-state index contributed by atoms with van der Waals surface area (Å²) >= 11 is 0. The molecule has 1 rings (SSSR count). The van der Waals surface area contributed by atoms with Crippen molar-refractivity contribution in [3.05, 3.63) is 65.8 Å². The molecular weight excluding hydrogens is 194 g/mol. The average Bonchev–Trinajstić information content (AvgIpc) is 2.31. The summed E-state index contributed by atoms with van der Waals surface area (Å²) in [6.45, 7) is 7.63. The molecular formula is C15H15N. The van der Waals surface area contributed by atoms with E-state index < -0.39 is 0 Å². The molecule has 0 unspecified atom stereocenters.